The van der Waals surface area contributed by atoms with E-state index in [0.29, 0.717) is 12.5 Å². The van der Waals surface area contributed by atoms with Gasteiger partial charge < -0.3 is 4.74 Å². The van der Waals surface area contributed by atoms with Crippen molar-refractivity contribution in [3.63, 3.8) is 0 Å². The van der Waals surface area contributed by atoms with E-state index in [0.717, 1.165) is 41.8 Å². The number of hydrogen-bond acceptors (Lipinski definition) is 4. The number of carbonyl (C=O) groups is 2. The van der Waals surface area contributed by atoms with Crippen LogP contribution in [0.4, 0.5) is 4.79 Å². The van der Waals surface area contributed by atoms with E-state index >= 15 is 0 Å². The van der Waals surface area contributed by atoms with Crippen LogP contribution in [0.5, 0.6) is 5.75 Å². The van der Waals surface area contributed by atoms with E-state index in [-0.39, 0.29) is 16.4 Å². The minimum atomic E-state index is -0.297. The average Bonchev–Trinajstić information content (AvgIpc) is 2.93. The van der Waals surface area contributed by atoms with E-state index in [1.165, 1.54) is 44.1 Å². The van der Waals surface area contributed by atoms with Crippen LogP contribution < -0.4 is 10.1 Å². The molecule has 0 aromatic heterocycles. The molecule has 1 aromatic rings. The van der Waals surface area contributed by atoms with E-state index in [1.807, 2.05) is 6.07 Å². The first kappa shape index (κ1) is 17.0. The van der Waals surface area contributed by atoms with Gasteiger partial charge in [0, 0.05) is 0 Å². The SMILES string of the molecule is O=C1NC(=O)C(Cc2ccc3c(c2)CCC(CC2CCCCC2)O3)S1. The largest absolute Gasteiger partial charge is 0.490 e. The van der Waals surface area contributed by atoms with E-state index in [1.54, 1.807) is 0 Å². The second-order valence-corrected chi connectivity index (χ2v) is 8.72. The molecule has 3 aliphatic rings. The molecule has 2 fully saturated rings. The molecule has 134 valence electrons. The Balaban J connectivity index is 1.37. The number of thioether (sulfide) groups is 1. The van der Waals surface area contributed by atoms with Crippen LogP contribution in [0.25, 0.3) is 0 Å². The second-order valence-electron chi connectivity index (χ2n) is 7.55. The van der Waals surface area contributed by atoms with Crippen molar-refractivity contribution in [3.8, 4) is 5.75 Å². The standard InChI is InChI=1S/C20H25NO3S/c22-19-18(25-20(23)21-19)12-14-6-9-17-15(10-14)7-8-16(24-17)11-13-4-2-1-3-5-13/h6,9-10,13,16,18H,1-5,7-8,11-12H2,(H,21,22,23). The van der Waals surface area contributed by atoms with Gasteiger partial charge in [0.05, 0.1) is 11.4 Å². The highest BCUT2D eigenvalue weighted by Gasteiger charge is 2.32. The number of fused-ring (bicyclic) bond motifs is 1. The molecule has 4 nitrogen and oxygen atoms in total. The first-order chi connectivity index (χ1) is 12.2. The fraction of sp³-hybridized carbons (Fsp3) is 0.600. The molecule has 4 rings (SSSR count). The lowest BCUT2D eigenvalue weighted by atomic mass is 9.84. The van der Waals surface area contributed by atoms with Gasteiger partial charge >= 0.3 is 0 Å². The predicted molar refractivity (Wildman–Crippen MR) is 99.0 cm³/mol. The molecule has 2 unspecified atom stereocenters. The van der Waals surface area contributed by atoms with Gasteiger partial charge in [-0.2, -0.15) is 0 Å². The Morgan fingerprint density at radius 1 is 1.12 bits per heavy atom. The Hall–Kier alpha value is -1.49. The van der Waals surface area contributed by atoms with E-state index < -0.39 is 0 Å². The highest BCUT2D eigenvalue weighted by Crippen LogP contribution is 2.35. The normalized spacial score (nSPS) is 26.9. The van der Waals surface area contributed by atoms with Crippen LogP contribution in [0.2, 0.25) is 0 Å². The van der Waals surface area contributed by atoms with Gasteiger partial charge in [-0.3, -0.25) is 14.9 Å². The molecular formula is C20H25NO3S. The van der Waals surface area contributed by atoms with E-state index in [4.69, 9.17) is 4.74 Å². The van der Waals surface area contributed by atoms with Gasteiger partial charge in [0.15, 0.2) is 0 Å². The van der Waals surface area contributed by atoms with Crippen molar-refractivity contribution in [3.05, 3.63) is 29.3 Å². The molecule has 2 atom stereocenters. The smallest absolute Gasteiger partial charge is 0.286 e. The van der Waals surface area contributed by atoms with Gasteiger partial charge in [0.25, 0.3) is 5.24 Å². The van der Waals surface area contributed by atoms with Crippen molar-refractivity contribution >= 4 is 22.9 Å². The van der Waals surface area contributed by atoms with Crippen molar-refractivity contribution in [1.29, 1.82) is 0 Å². The molecule has 2 aliphatic heterocycles. The Morgan fingerprint density at radius 2 is 1.96 bits per heavy atom. The Morgan fingerprint density at radius 3 is 2.72 bits per heavy atom. The highest BCUT2D eigenvalue weighted by molar-refractivity contribution is 8.15. The average molecular weight is 359 g/mol. The molecule has 2 amide bonds. The molecule has 0 spiro atoms. The summed E-state index contributed by atoms with van der Waals surface area (Å²) in [6, 6.07) is 6.25. The summed E-state index contributed by atoms with van der Waals surface area (Å²) >= 11 is 1.09. The zero-order valence-corrected chi connectivity index (χ0v) is 15.3. The van der Waals surface area contributed by atoms with Gasteiger partial charge in [-0.1, -0.05) is 56.0 Å². The molecule has 1 N–H and O–H groups in total. The second kappa shape index (κ2) is 7.40. The first-order valence-corrected chi connectivity index (χ1v) is 10.4. The molecule has 25 heavy (non-hydrogen) atoms. The van der Waals surface area contributed by atoms with Gasteiger partial charge in [0.1, 0.15) is 5.75 Å². The van der Waals surface area contributed by atoms with Crippen LogP contribution >= 0.6 is 11.8 Å². The van der Waals surface area contributed by atoms with Crippen LogP contribution in [0.3, 0.4) is 0 Å². The number of benzene rings is 1. The lowest BCUT2D eigenvalue weighted by Gasteiger charge is -2.31. The summed E-state index contributed by atoms with van der Waals surface area (Å²) in [6.07, 6.45) is 11.2. The monoisotopic (exact) mass is 359 g/mol. The topological polar surface area (TPSA) is 55.4 Å². The van der Waals surface area contributed by atoms with Crippen LogP contribution in [-0.2, 0) is 17.6 Å². The first-order valence-electron chi connectivity index (χ1n) is 9.47. The lowest BCUT2D eigenvalue weighted by molar-refractivity contribution is -0.118. The quantitative estimate of drug-likeness (QED) is 0.873. The molecule has 5 heteroatoms. The predicted octanol–water partition coefficient (Wildman–Crippen LogP) is 4.24. The van der Waals surface area contributed by atoms with Crippen molar-refractivity contribution < 1.29 is 14.3 Å². The fourth-order valence-corrected chi connectivity index (χ4v) is 5.19. The zero-order chi connectivity index (χ0) is 17.2. The van der Waals surface area contributed by atoms with Gasteiger partial charge in [0.2, 0.25) is 5.91 Å². The number of nitrogens with one attached hydrogen (secondary N) is 1. The van der Waals surface area contributed by atoms with Gasteiger partial charge in [-0.05, 0) is 48.8 Å². The van der Waals surface area contributed by atoms with Gasteiger partial charge in [-0.15, -0.1) is 0 Å². The molecule has 1 aliphatic carbocycles. The van der Waals surface area contributed by atoms with Crippen LogP contribution in [0, 0.1) is 5.92 Å². The summed E-state index contributed by atoms with van der Waals surface area (Å²) in [4.78, 5) is 23.0. The molecule has 1 saturated heterocycles. The molecule has 1 aromatic carbocycles. The fourth-order valence-electron chi connectivity index (χ4n) is 4.33. The molecular weight excluding hydrogens is 334 g/mol. The van der Waals surface area contributed by atoms with Crippen LogP contribution in [-0.4, -0.2) is 22.5 Å². The minimum Gasteiger partial charge on any atom is -0.490 e. The lowest BCUT2D eigenvalue weighted by Crippen LogP contribution is -2.27. The van der Waals surface area contributed by atoms with Gasteiger partial charge in [-0.25, -0.2) is 0 Å². The van der Waals surface area contributed by atoms with E-state index in [9.17, 15) is 9.59 Å². The number of amides is 2. The maximum absolute atomic E-state index is 11.7. The summed E-state index contributed by atoms with van der Waals surface area (Å²) in [5.41, 5.74) is 2.35. The Labute approximate surface area is 153 Å². The summed E-state index contributed by atoms with van der Waals surface area (Å²) in [5.74, 6) is 1.68. The number of carbonyl (C=O) groups excluding carboxylic acids is 2. The third kappa shape index (κ3) is 4.02. The Bertz CT molecular complexity index is 669. The zero-order valence-electron chi connectivity index (χ0n) is 14.5. The summed E-state index contributed by atoms with van der Waals surface area (Å²) in [7, 11) is 0. The van der Waals surface area contributed by atoms with Crippen LogP contribution in [0.1, 0.15) is 56.1 Å². The van der Waals surface area contributed by atoms with Crippen molar-refractivity contribution in [1.82, 2.24) is 5.32 Å². The molecule has 2 heterocycles. The number of aryl methyl sites for hydroxylation is 1. The highest BCUT2D eigenvalue weighted by atomic mass is 32.2. The number of ether oxygens (including phenoxy) is 1. The number of hydrogen-bond donors (Lipinski definition) is 1. The third-order valence-electron chi connectivity index (χ3n) is 5.66. The summed E-state index contributed by atoms with van der Waals surface area (Å²) in [5, 5.41) is 1.82. The maximum atomic E-state index is 11.7. The third-order valence-corrected chi connectivity index (χ3v) is 6.64. The molecule has 0 bridgehead atoms. The summed E-state index contributed by atoms with van der Waals surface area (Å²) in [6.45, 7) is 0. The van der Waals surface area contributed by atoms with Crippen molar-refractivity contribution in [2.24, 2.45) is 5.92 Å². The summed E-state index contributed by atoms with van der Waals surface area (Å²) < 4.78 is 6.26. The van der Waals surface area contributed by atoms with E-state index in [2.05, 4.69) is 17.4 Å². The van der Waals surface area contributed by atoms with Crippen molar-refractivity contribution in [2.45, 2.75) is 69.1 Å². The minimum absolute atomic E-state index is 0.170. The molecule has 1 saturated carbocycles. The molecule has 0 radical (unpaired) electrons. The Kier molecular flexibility index (Phi) is 5.02. The number of imide groups is 1. The van der Waals surface area contributed by atoms with Crippen LogP contribution in [0.15, 0.2) is 18.2 Å². The van der Waals surface area contributed by atoms with Crippen molar-refractivity contribution in [2.75, 3.05) is 0 Å². The maximum Gasteiger partial charge on any atom is 0.286 e. The number of rotatable bonds is 4.